The number of carbonyl (C=O) groups excluding carboxylic acids is 2. The highest BCUT2D eigenvalue weighted by molar-refractivity contribution is 5.92. The van der Waals surface area contributed by atoms with Crippen molar-refractivity contribution in [1.82, 2.24) is 9.80 Å². The summed E-state index contributed by atoms with van der Waals surface area (Å²) in [5.41, 5.74) is 2.64. The Hall–Kier alpha value is -2.86. The third kappa shape index (κ3) is 5.08. The predicted octanol–water partition coefficient (Wildman–Crippen LogP) is 3.56. The lowest BCUT2D eigenvalue weighted by Crippen LogP contribution is -2.50. The summed E-state index contributed by atoms with van der Waals surface area (Å²) in [6.07, 6.45) is 0. The van der Waals surface area contributed by atoms with Crippen LogP contribution in [0.1, 0.15) is 25.5 Å². The molecule has 0 radical (unpaired) electrons. The summed E-state index contributed by atoms with van der Waals surface area (Å²) in [4.78, 5) is 28.0. The molecule has 3 amide bonds. The largest absolute Gasteiger partial charge is 0.326 e. The molecule has 0 spiro atoms. The van der Waals surface area contributed by atoms with Gasteiger partial charge in [-0.05, 0) is 30.7 Å². The van der Waals surface area contributed by atoms with Gasteiger partial charge in [-0.25, -0.2) is 4.79 Å². The number of benzene rings is 2. The van der Waals surface area contributed by atoms with Crippen LogP contribution in [0.3, 0.4) is 0 Å². The third-order valence-corrected chi connectivity index (χ3v) is 4.87. The van der Waals surface area contributed by atoms with E-state index in [1.165, 1.54) is 12.5 Å². The molecule has 6 heteroatoms. The maximum atomic E-state index is 12.6. The van der Waals surface area contributed by atoms with E-state index in [0.717, 1.165) is 13.1 Å². The minimum absolute atomic E-state index is 0.109. The molecule has 1 heterocycles. The molecular weight excluding hydrogens is 340 g/mol. The van der Waals surface area contributed by atoms with Crippen molar-refractivity contribution >= 4 is 23.3 Å². The second-order valence-electron chi connectivity index (χ2n) is 6.80. The summed E-state index contributed by atoms with van der Waals surface area (Å²) in [7, 11) is 0. The second kappa shape index (κ2) is 8.68. The van der Waals surface area contributed by atoms with Gasteiger partial charge in [0.15, 0.2) is 0 Å². The van der Waals surface area contributed by atoms with Gasteiger partial charge < -0.3 is 15.5 Å². The molecule has 6 nitrogen and oxygen atoms in total. The van der Waals surface area contributed by atoms with E-state index in [4.69, 9.17) is 0 Å². The zero-order valence-corrected chi connectivity index (χ0v) is 15.8. The number of amides is 3. The molecule has 1 fully saturated rings. The normalized spacial score (nSPS) is 15.9. The van der Waals surface area contributed by atoms with Crippen LogP contribution < -0.4 is 10.6 Å². The number of piperazine rings is 1. The molecule has 27 heavy (non-hydrogen) atoms. The van der Waals surface area contributed by atoms with E-state index in [9.17, 15) is 9.59 Å². The first-order valence-corrected chi connectivity index (χ1v) is 9.25. The highest BCUT2D eigenvalue weighted by Gasteiger charge is 2.24. The van der Waals surface area contributed by atoms with E-state index in [0.29, 0.717) is 30.5 Å². The molecule has 1 aliphatic rings. The molecule has 142 valence electrons. The van der Waals surface area contributed by atoms with Gasteiger partial charge in [0.25, 0.3) is 0 Å². The van der Waals surface area contributed by atoms with Crippen LogP contribution in [-0.4, -0.2) is 47.9 Å². The van der Waals surface area contributed by atoms with Crippen molar-refractivity contribution in [2.75, 3.05) is 36.8 Å². The summed E-state index contributed by atoms with van der Waals surface area (Å²) < 4.78 is 0. The Balaban J connectivity index is 1.53. The molecular formula is C21H26N4O2. The van der Waals surface area contributed by atoms with Crippen molar-refractivity contribution in [2.45, 2.75) is 19.9 Å². The van der Waals surface area contributed by atoms with E-state index >= 15 is 0 Å². The summed E-state index contributed by atoms with van der Waals surface area (Å²) in [5.74, 6) is -0.137. The number of anilines is 2. The van der Waals surface area contributed by atoms with Crippen molar-refractivity contribution in [3.8, 4) is 0 Å². The average Bonchev–Trinajstić information content (AvgIpc) is 2.68. The number of hydrogen-bond donors (Lipinski definition) is 2. The highest BCUT2D eigenvalue weighted by Crippen LogP contribution is 2.22. The van der Waals surface area contributed by atoms with Crippen molar-refractivity contribution in [3.63, 3.8) is 0 Å². The highest BCUT2D eigenvalue weighted by atomic mass is 16.2. The Kier molecular flexibility index (Phi) is 6.08. The average molecular weight is 366 g/mol. The fourth-order valence-corrected chi connectivity index (χ4v) is 3.34. The molecule has 1 unspecified atom stereocenters. The van der Waals surface area contributed by atoms with Gasteiger partial charge in [0.2, 0.25) is 5.91 Å². The number of nitrogens with zero attached hydrogens (tertiary/aromatic N) is 2. The molecule has 2 N–H and O–H groups in total. The fourth-order valence-electron chi connectivity index (χ4n) is 3.34. The molecule has 0 saturated carbocycles. The minimum Gasteiger partial charge on any atom is -0.326 e. The van der Waals surface area contributed by atoms with Crippen LogP contribution in [0, 0.1) is 0 Å². The quantitative estimate of drug-likeness (QED) is 0.870. The van der Waals surface area contributed by atoms with E-state index in [-0.39, 0.29) is 11.9 Å². The van der Waals surface area contributed by atoms with Crippen molar-refractivity contribution in [1.29, 1.82) is 0 Å². The van der Waals surface area contributed by atoms with Crippen molar-refractivity contribution in [3.05, 3.63) is 60.2 Å². The van der Waals surface area contributed by atoms with Crippen LogP contribution in [0.5, 0.6) is 0 Å². The summed E-state index contributed by atoms with van der Waals surface area (Å²) >= 11 is 0. The lowest BCUT2D eigenvalue weighted by molar-refractivity contribution is -0.114. The van der Waals surface area contributed by atoms with Crippen LogP contribution in [0.15, 0.2) is 54.6 Å². The monoisotopic (exact) mass is 366 g/mol. The van der Waals surface area contributed by atoms with Gasteiger partial charge >= 0.3 is 6.03 Å². The van der Waals surface area contributed by atoms with E-state index in [1.54, 1.807) is 18.2 Å². The van der Waals surface area contributed by atoms with Crippen LogP contribution in [0.4, 0.5) is 16.2 Å². The molecule has 2 aromatic carbocycles. The van der Waals surface area contributed by atoms with Gasteiger partial charge in [0.05, 0.1) is 0 Å². The molecule has 0 bridgehead atoms. The summed E-state index contributed by atoms with van der Waals surface area (Å²) in [5, 5.41) is 5.64. The van der Waals surface area contributed by atoms with Crippen LogP contribution >= 0.6 is 0 Å². The van der Waals surface area contributed by atoms with Gasteiger partial charge in [0.1, 0.15) is 0 Å². The first-order valence-electron chi connectivity index (χ1n) is 9.25. The Morgan fingerprint density at radius 2 is 1.52 bits per heavy atom. The Morgan fingerprint density at radius 3 is 2.15 bits per heavy atom. The smallest absolute Gasteiger partial charge is 0.321 e. The SMILES string of the molecule is CC(=O)Nc1cccc(NC(=O)N2CCN(C(C)c3ccccc3)CC2)c1. The van der Waals surface area contributed by atoms with Crippen LogP contribution in [0.25, 0.3) is 0 Å². The lowest BCUT2D eigenvalue weighted by atomic mass is 10.1. The minimum atomic E-state index is -0.137. The number of nitrogens with one attached hydrogen (secondary N) is 2. The Bertz CT molecular complexity index is 786. The topological polar surface area (TPSA) is 64.7 Å². The van der Waals surface area contributed by atoms with Gasteiger partial charge in [-0.15, -0.1) is 0 Å². The maximum absolute atomic E-state index is 12.6. The van der Waals surface area contributed by atoms with Crippen molar-refractivity contribution < 1.29 is 9.59 Å². The standard InChI is InChI=1S/C21H26N4O2/c1-16(18-7-4-3-5-8-18)24-11-13-25(14-12-24)21(27)23-20-10-6-9-19(15-20)22-17(2)26/h3-10,15-16H,11-14H2,1-2H3,(H,22,26)(H,23,27). The fraction of sp³-hybridized carbons (Fsp3) is 0.333. The lowest BCUT2D eigenvalue weighted by Gasteiger charge is -2.38. The first-order chi connectivity index (χ1) is 13.0. The number of carbonyl (C=O) groups is 2. The Labute approximate surface area is 160 Å². The van der Waals surface area contributed by atoms with Crippen LogP contribution in [-0.2, 0) is 4.79 Å². The molecule has 0 aromatic heterocycles. The van der Waals surface area contributed by atoms with Gasteiger partial charge in [-0.1, -0.05) is 36.4 Å². The molecule has 1 atom stereocenters. The summed E-state index contributed by atoms with van der Waals surface area (Å²) in [6, 6.07) is 17.8. The Morgan fingerprint density at radius 1 is 0.889 bits per heavy atom. The van der Waals surface area contributed by atoms with Gasteiger partial charge in [0, 0.05) is 50.5 Å². The summed E-state index contributed by atoms with van der Waals surface area (Å²) in [6.45, 7) is 6.73. The molecule has 1 aliphatic heterocycles. The number of urea groups is 1. The molecule has 2 aromatic rings. The van der Waals surface area contributed by atoms with Gasteiger partial charge in [-0.3, -0.25) is 9.69 Å². The second-order valence-corrected chi connectivity index (χ2v) is 6.80. The van der Waals surface area contributed by atoms with Crippen molar-refractivity contribution in [2.24, 2.45) is 0 Å². The third-order valence-electron chi connectivity index (χ3n) is 4.87. The number of rotatable bonds is 4. The van der Waals surface area contributed by atoms with E-state index in [1.807, 2.05) is 17.0 Å². The molecule has 0 aliphatic carbocycles. The first kappa shape index (κ1) is 18.9. The zero-order valence-electron chi connectivity index (χ0n) is 15.8. The molecule has 3 rings (SSSR count). The van der Waals surface area contributed by atoms with E-state index in [2.05, 4.69) is 46.7 Å². The zero-order chi connectivity index (χ0) is 19.2. The molecule has 1 saturated heterocycles. The predicted molar refractivity (Wildman–Crippen MR) is 108 cm³/mol. The van der Waals surface area contributed by atoms with Gasteiger partial charge in [-0.2, -0.15) is 0 Å². The van der Waals surface area contributed by atoms with Crippen LogP contribution in [0.2, 0.25) is 0 Å². The number of hydrogen-bond acceptors (Lipinski definition) is 3. The maximum Gasteiger partial charge on any atom is 0.321 e. The van der Waals surface area contributed by atoms with E-state index < -0.39 is 0 Å².